The van der Waals surface area contributed by atoms with Crippen molar-refractivity contribution >= 4 is 6.29 Å². The normalized spacial score (nSPS) is 33.7. The van der Waals surface area contributed by atoms with Gasteiger partial charge in [0.25, 0.3) is 0 Å². The van der Waals surface area contributed by atoms with Gasteiger partial charge in [0.05, 0.1) is 0 Å². The Balaban J connectivity index is 2.19. The van der Waals surface area contributed by atoms with Crippen molar-refractivity contribution in [3.8, 4) is 0 Å². The van der Waals surface area contributed by atoms with E-state index in [1.165, 1.54) is 0 Å². The second-order valence-corrected chi connectivity index (χ2v) is 3.13. The molecule has 1 radical (unpaired) electrons. The van der Waals surface area contributed by atoms with Crippen molar-refractivity contribution in [2.24, 2.45) is 11.7 Å². The highest BCUT2D eigenvalue weighted by Crippen LogP contribution is 2.24. The summed E-state index contributed by atoms with van der Waals surface area (Å²) in [7, 11) is 0. The average molecular weight is 140 g/mol. The molecule has 2 nitrogen and oxygen atoms in total. The fourth-order valence-electron chi connectivity index (χ4n) is 1.51. The van der Waals surface area contributed by atoms with Gasteiger partial charge in [-0.25, -0.2) is 0 Å². The Morgan fingerprint density at radius 3 is 2.40 bits per heavy atom. The lowest BCUT2D eigenvalue weighted by Crippen LogP contribution is -2.26. The lowest BCUT2D eigenvalue weighted by Gasteiger charge is -2.23. The Hall–Kier alpha value is -0.370. The van der Waals surface area contributed by atoms with E-state index in [1.807, 2.05) is 6.29 Å². The predicted molar refractivity (Wildman–Crippen MR) is 40.2 cm³/mol. The van der Waals surface area contributed by atoms with Crippen LogP contribution in [0.25, 0.3) is 0 Å². The SMILES string of the molecule is NC1CCC(C[C]=O)CC1. The van der Waals surface area contributed by atoms with E-state index < -0.39 is 0 Å². The minimum atomic E-state index is 0.392. The van der Waals surface area contributed by atoms with Gasteiger partial charge in [-0.15, -0.1) is 0 Å². The topological polar surface area (TPSA) is 43.1 Å². The van der Waals surface area contributed by atoms with E-state index in [1.54, 1.807) is 0 Å². The molecule has 0 spiro atoms. The van der Waals surface area contributed by atoms with Crippen LogP contribution in [0, 0.1) is 5.92 Å². The van der Waals surface area contributed by atoms with Crippen molar-refractivity contribution in [2.75, 3.05) is 0 Å². The smallest absolute Gasteiger partial charge is 0.198 e. The number of carbonyl (C=O) groups excluding carboxylic acids is 1. The zero-order valence-corrected chi connectivity index (χ0v) is 6.18. The Labute approximate surface area is 61.8 Å². The van der Waals surface area contributed by atoms with Gasteiger partial charge in [-0.05, 0) is 31.6 Å². The van der Waals surface area contributed by atoms with Gasteiger partial charge in [0, 0.05) is 12.5 Å². The van der Waals surface area contributed by atoms with Gasteiger partial charge in [-0.3, -0.25) is 4.79 Å². The summed E-state index contributed by atoms with van der Waals surface area (Å²) in [5, 5.41) is 0. The predicted octanol–water partition coefficient (Wildman–Crippen LogP) is 1.00. The van der Waals surface area contributed by atoms with Crippen LogP contribution in [0.15, 0.2) is 0 Å². The van der Waals surface area contributed by atoms with Gasteiger partial charge in [0.15, 0.2) is 6.29 Å². The van der Waals surface area contributed by atoms with E-state index in [2.05, 4.69) is 0 Å². The molecule has 0 aromatic heterocycles. The van der Waals surface area contributed by atoms with Gasteiger partial charge in [-0.1, -0.05) is 0 Å². The first kappa shape index (κ1) is 7.73. The van der Waals surface area contributed by atoms with Gasteiger partial charge >= 0.3 is 0 Å². The Kier molecular flexibility index (Phi) is 2.87. The molecule has 0 amide bonds. The second-order valence-electron chi connectivity index (χ2n) is 3.13. The summed E-state index contributed by atoms with van der Waals surface area (Å²) in [5.41, 5.74) is 5.69. The van der Waals surface area contributed by atoms with Crippen LogP contribution >= 0.6 is 0 Å². The highest BCUT2D eigenvalue weighted by Gasteiger charge is 2.17. The minimum Gasteiger partial charge on any atom is -0.328 e. The molecule has 10 heavy (non-hydrogen) atoms. The maximum atomic E-state index is 10.00. The summed E-state index contributed by atoms with van der Waals surface area (Å²) in [6.07, 6.45) is 7.00. The maximum absolute atomic E-state index is 10.00. The van der Waals surface area contributed by atoms with Crippen molar-refractivity contribution in [3.05, 3.63) is 0 Å². The molecule has 2 heteroatoms. The molecule has 1 fully saturated rings. The van der Waals surface area contributed by atoms with E-state index in [9.17, 15) is 4.79 Å². The largest absolute Gasteiger partial charge is 0.328 e. The fourth-order valence-corrected chi connectivity index (χ4v) is 1.51. The third-order valence-corrected chi connectivity index (χ3v) is 2.26. The number of rotatable bonds is 2. The summed E-state index contributed by atoms with van der Waals surface area (Å²) in [4.78, 5) is 10.00. The lowest BCUT2D eigenvalue weighted by atomic mass is 9.85. The summed E-state index contributed by atoms with van der Waals surface area (Å²) in [5.74, 6) is 0.581. The zero-order valence-electron chi connectivity index (χ0n) is 6.18. The maximum Gasteiger partial charge on any atom is 0.198 e. The van der Waals surface area contributed by atoms with E-state index in [4.69, 9.17) is 5.73 Å². The third-order valence-electron chi connectivity index (χ3n) is 2.26. The van der Waals surface area contributed by atoms with E-state index in [-0.39, 0.29) is 0 Å². The number of nitrogens with two attached hydrogens (primary N) is 1. The first-order valence-electron chi connectivity index (χ1n) is 3.93. The molecule has 0 heterocycles. The summed E-state index contributed by atoms with van der Waals surface area (Å²) >= 11 is 0. The first-order chi connectivity index (χ1) is 4.83. The molecule has 0 atom stereocenters. The molecule has 1 rings (SSSR count). The van der Waals surface area contributed by atoms with E-state index in [0.717, 1.165) is 25.7 Å². The number of hydrogen-bond acceptors (Lipinski definition) is 2. The van der Waals surface area contributed by atoms with Crippen LogP contribution in [0.3, 0.4) is 0 Å². The molecule has 0 aromatic rings. The monoisotopic (exact) mass is 140 g/mol. The highest BCUT2D eigenvalue weighted by molar-refractivity contribution is 5.50. The van der Waals surface area contributed by atoms with Crippen molar-refractivity contribution < 1.29 is 4.79 Å². The van der Waals surface area contributed by atoms with Gasteiger partial charge in [0.1, 0.15) is 0 Å². The molecule has 1 aliphatic carbocycles. The quantitative estimate of drug-likeness (QED) is 0.622. The standard InChI is InChI=1S/C8H14NO/c9-8-3-1-7(2-4-8)5-6-10/h7-8H,1-5,9H2. The third kappa shape index (κ3) is 2.10. The molecule has 2 N–H and O–H groups in total. The minimum absolute atomic E-state index is 0.392. The molecule has 0 unspecified atom stereocenters. The zero-order chi connectivity index (χ0) is 7.40. The van der Waals surface area contributed by atoms with Gasteiger partial charge in [-0.2, -0.15) is 0 Å². The second kappa shape index (κ2) is 3.71. The Bertz CT molecular complexity index is 106. The Morgan fingerprint density at radius 2 is 1.90 bits per heavy atom. The first-order valence-corrected chi connectivity index (χ1v) is 3.93. The molecule has 1 saturated carbocycles. The van der Waals surface area contributed by atoms with Crippen molar-refractivity contribution in [1.82, 2.24) is 0 Å². The van der Waals surface area contributed by atoms with Crippen molar-refractivity contribution in [2.45, 2.75) is 38.1 Å². The fraction of sp³-hybridized carbons (Fsp3) is 0.875. The Morgan fingerprint density at radius 1 is 1.30 bits per heavy atom. The molecule has 1 aliphatic rings. The van der Waals surface area contributed by atoms with Crippen LogP contribution < -0.4 is 5.73 Å². The van der Waals surface area contributed by atoms with Crippen LogP contribution in [-0.4, -0.2) is 12.3 Å². The molecule has 0 aliphatic heterocycles. The summed E-state index contributed by atoms with van der Waals surface area (Å²) in [6.45, 7) is 0. The average Bonchev–Trinajstić information content (AvgIpc) is 1.95. The van der Waals surface area contributed by atoms with Crippen LogP contribution in [0.4, 0.5) is 0 Å². The van der Waals surface area contributed by atoms with Crippen molar-refractivity contribution in [3.63, 3.8) is 0 Å². The summed E-state index contributed by atoms with van der Waals surface area (Å²) < 4.78 is 0. The van der Waals surface area contributed by atoms with Crippen LogP contribution in [0.2, 0.25) is 0 Å². The molecule has 0 bridgehead atoms. The van der Waals surface area contributed by atoms with E-state index >= 15 is 0 Å². The van der Waals surface area contributed by atoms with Crippen LogP contribution in [-0.2, 0) is 4.79 Å². The molecule has 0 aromatic carbocycles. The molecular weight excluding hydrogens is 126 g/mol. The van der Waals surface area contributed by atoms with E-state index in [0.29, 0.717) is 18.4 Å². The van der Waals surface area contributed by atoms with Gasteiger partial charge in [0.2, 0.25) is 0 Å². The summed E-state index contributed by atoms with van der Waals surface area (Å²) in [6, 6.07) is 0.392. The lowest BCUT2D eigenvalue weighted by molar-refractivity contribution is 0.330. The van der Waals surface area contributed by atoms with Crippen LogP contribution in [0.1, 0.15) is 32.1 Å². The van der Waals surface area contributed by atoms with Crippen LogP contribution in [0.5, 0.6) is 0 Å². The molecule has 0 saturated heterocycles. The van der Waals surface area contributed by atoms with Crippen molar-refractivity contribution in [1.29, 1.82) is 0 Å². The highest BCUT2D eigenvalue weighted by atomic mass is 16.1. The van der Waals surface area contributed by atoms with Gasteiger partial charge < -0.3 is 5.73 Å². The molecule has 57 valence electrons. The molecular formula is C8H14NO. The number of hydrogen-bond donors (Lipinski definition) is 1.